The Balaban J connectivity index is 1.69. The van der Waals surface area contributed by atoms with Crippen molar-refractivity contribution in [3.63, 3.8) is 0 Å². The van der Waals surface area contributed by atoms with Crippen molar-refractivity contribution in [3.05, 3.63) is 42.0 Å². The number of nitrogens with one attached hydrogen (secondary N) is 1. The van der Waals surface area contributed by atoms with Gasteiger partial charge < -0.3 is 19.0 Å². The van der Waals surface area contributed by atoms with E-state index in [4.69, 9.17) is 13.7 Å². The van der Waals surface area contributed by atoms with Gasteiger partial charge >= 0.3 is 5.97 Å². The second-order valence-corrected chi connectivity index (χ2v) is 5.15. The van der Waals surface area contributed by atoms with Crippen LogP contribution in [0.2, 0.25) is 0 Å². The number of ether oxygens (including phenoxy) is 1. The molecule has 0 spiro atoms. The van der Waals surface area contributed by atoms with E-state index in [2.05, 4.69) is 15.5 Å². The summed E-state index contributed by atoms with van der Waals surface area (Å²) in [6, 6.07) is 6.30. The zero-order valence-corrected chi connectivity index (χ0v) is 13.1. The van der Waals surface area contributed by atoms with Gasteiger partial charge in [0, 0.05) is 6.07 Å². The molecular weight excluding hydrogens is 314 g/mol. The molecule has 0 fully saturated rings. The molecule has 0 aliphatic rings. The van der Waals surface area contributed by atoms with E-state index in [0.717, 1.165) is 0 Å². The van der Waals surface area contributed by atoms with Crippen LogP contribution in [0.1, 0.15) is 29.5 Å². The van der Waals surface area contributed by atoms with Crippen LogP contribution in [0.4, 0.5) is 5.82 Å². The summed E-state index contributed by atoms with van der Waals surface area (Å²) < 4.78 is 15.3. The number of nitrogens with zero attached hydrogens (tertiary/aromatic N) is 2. The Bertz CT molecular complexity index is 883. The Labute approximate surface area is 136 Å². The predicted molar refractivity (Wildman–Crippen MR) is 83.4 cm³/mol. The second kappa shape index (κ2) is 6.53. The Morgan fingerprint density at radius 2 is 2.17 bits per heavy atom. The van der Waals surface area contributed by atoms with Crippen LogP contribution in [-0.4, -0.2) is 28.1 Å². The van der Waals surface area contributed by atoms with Gasteiger partial charge in [-0.1, -0.05) is 12.1 Å². The van der Waals surface area contributed by atoms with Crippen LogP contribution < -0.4 is 5.32 Å². The van der Waals surface area contributed by atoms with Gasteiger partial charge in [0.1, 0.15) is 11.3 Å². The molecular formula is C16H15N3O5. The molecule has 0 aliphatic carbocycles. The molecule has 0 saturated carbocycles. The maximum Gasteiger partial charge on any atom is 0.338 e. The number of hydrogen-bond donors (Lipinski definition) is 1. The summed E-state index contributed by atoms with van der Waals surface area (Å²) in [5.74, 6) is -0.243. The zero-order valence-electron chi connectivity index (χ0n) is 13.1. The van der Waals surface area contributed by atoms with Gasteiger partial charge in [0.05, 0.1) is 5.56 Å². The van der Waals surface area contributed by atoms with Crippen molar-refractivity contribution in [2.75, 3.05) is 5.32 Å². The van der Waals surface area contributed by atoms with E-state index in [9.17, 15) is 9.59 Å². The number of rotatable bonds is 5. The van der Waals surface area contributed by atoms with Crippen LogP contribution in [0.5, 0.6) is 0 Å². The van der Waals surface area contributed by atoms with E-state index in [0.29, 0.717) is 28.8 Å². The molecule has 1 amide bonds. The standard InChI is InChI=1S/C16H15N3O5/c1-3-12(15(20)18-14-6-9(2)24-19-14)23-16(21)10-4-5-13-11(7-10)17-8-22-13/h4-8,12H,3H2,1-2H3,(H,18,19,20). The fourth-order valence-electron chi connectivity index (χ4n) is 2.14. The van der Waals surface area contributed by atoms with Crippen molar-refractivity contribution in [3.8, 4) is 0 Å². The molecule has 0 bridgehead atoms. The van der Waals surface area contributed by atoms with Crippen molar-refractivity contribution < 1.29 is 23.3 Å². The van der Waals surface area contributed by atoms with Crippen molar-refractivity contribution in [1.82, 2.24) is 10.1 Å². The Hall–Kier alpha value is -3.16. The molecule has 0 aliphatic heterocycles. The van der Waals surface area contributed by atoms with Gasteiger partial charge in [-0.3, -0.25) is 4.79 Å². The summed E-state index contributed by atoms with van der Waals surface area (Å²) >= 11 is 0. The molecule has 0 saturated heterocycles. The third-order valence-corrected chi connectivity index (χ3v) is 3.36. The molecule has 124 valence electrons. The molecule has 2 aromatic heterocycles. The van der Waals surface area contributed by atoms with Crippen LogP contribution in [0, 0.1) is 6.92 Å². The molecule has 1 atom stereocenters. The SMILES string of the molecule is CCC(OC(=O)c1ccc2ocnc2c1)C(=O)Nc1cc(C)on1. The number of fused-ring (bicyclic) bond motifs is 1. The zero-order chi connectivity index (χ0) is 17.1. The number of oxazole rings is 1. The summed E-state index contributed by atoms with van der Waals surface area (Å²) in [4.78, 5) is 28.4. The molecule has 8 nitrogen and oxygen atoms in total. The van der Waals surface area contributed by atoms with E-state index in [1.165, 1.54) is 6.39 Å². The number of carbonyl (C=O) groups excluding carboxylic acids is 2. The van der Waals surface area contributed by atoms with E-state index in [-0.39, 0.29) is 5.82 Å². The van der Waals surface area contributed by atoms with Crippen molar-refractivity contribution in [2.24, 2.45) is 0 Å². The van der Waals surface area contributed by atoms with E-state index in [1.807, 2.05) is 0 Å². The smallest absolute Gasteiger partial charge is 0.338 e. The van der Waals surface area contributed by atoms with Gasteiger partial charge in [-0.25, -0.2) is 9.78 Å². The summed E-state index contributed by atoms with van der Waals surface area (Å²) in [6.45, 7) is 3.45. The minimum Gasteiger partial charge on any atom is -0.449 e. The maximum atomic E-state index is 12.2. The average Bonchev–Trinajstić information content (AvgIpc) is 3.20. The molecule has 1 N–H and O–H groups in total. The third-order valence-electron chi connectivity index (χ3n) is 3.36. The van der Waals surface area contributed by atoms with Crippen molar-refractivity contribution >= 4 is 28.8 Å². The fraction of sp³-hybridized carbons (Fsp3) is 0.250. The minimum absolute atomic E-state index is 0.274. The monoisotopic (exact) mass is 329 g/mol. The first kappa shape index (κ1) is 15.7. The topological polar surface area (TPSA) is 107 Å². The van der Waals surface area contributed by atoms with Gasteiger partial charge in [0.15, 0.2) is 23.9 Å². The molecule has 1 aromatic carbocycles. The van der Waals surface area contributed by atoms with Gasteiger partial charge in [-0.05, 0) is 31.5 Å². The Kier molecular flexibility index (Phi) is 4.28. The Morgan fingerprint density at radius 1 is 1.33 bits per heavy atom. The van der Waals surface area contributed by atoms with E-state index < -0.39 is 18.0 Å². The van der Waals surface area contributed by atoms with Crippen LogP contribution in [-0.2, 0) is 9.53 Å². The highest BCUT2D eigenvalue weighted by molar-refractivity contribution is 5.98. The number of hydrogen-bond acceptors (Lipinski definition) is 7. The third kappa shape index (κ3) is 3.27. The highest BCUT2D eigenvalue weighted by Gasteiger charge is 2.23. The number of anilines is 1. The minimum atomic E-state index is -0.942. The van der Waals surface area contributed by atoms with Crippen molar-refractivity contribution in [1.29, 1.82) is 0 Å². The summed E-state index contributed by atoms with van der Waals surface area (Å²) in [6.07, 6.45) is 0.672. The average molecular weight is 329 g/mol. The fourth-order valence-corrected chi connectivity index (χ4v) is 2.14. The lowest BCUT2D eigenvalue weighted by Crippen LogP contribution is -2.32. The first-order chi connectivity index (χ1) is 11.6. The maximum absolute atomic E-state index is 12.2. The normalized spacial score (nSPS) is 12.1. The van der Waals surface area contributed by atoms with Crippen LogP contribution in [0.15, 0.2) is 39.6 Å². The first-order valence-corrected chi connectivity index (χ1v) is 7.35. The lowest BCUT2D eigenvalue weighted by molar-refractivity contribution is -0.124. The van der Waals surface area contributed by atoms with Crippen LogP contribution in [0.3, 0.4) is 0 Å². The molecule has 3 rings (SSSR count). The number of aromatic nitrogens is 2. The van der Waals surface area contributed by atoms with Gasteiger partial charge in [0.25, 0.3) is 5.91 Å². The highest BCUT2D eigenvalue weighted by atomic mass is 16.5. The molecule has 2 heterocycles. The van der Waals surface area contributed by atoms with Gasteiger partial charge in [0.2, 0.25) is 0 Å². The first-order valence-electron chi connectivity index (χ1n) is 7.35. The summed E-state index contributed by atoms with van der Waals surface area (Å²) in [5.41, 5.74) is 1.40. The number of amides is 1. The number of esters is 1. The molecule has 0 radical (unpaired) electrons. The highest BCUT2D eigenvalue weighted by Crippen LogP contribution is 2.16. The molecule has 24 heavy (non-hydrogen) atoms. The molecule has 3 aromatic rings. The number of carbonyl (C=O) groups is 2. The summed E-state index contributed by atoms with van der Waals surface area (Å²) in [5, 5.41) is 6.22. The predicted octanol–water partition coefficient (Wildman–Crippen LogP) is 2.70. The summed E-state index contributed by atoms with van der Waals surface area (Å²) in [7, 11) is 0. The second-order valence-electron chi connectivity index (χ2n) is 5.15. The largest absolute Gasteiger partial charge is 0.449 e. The van der Waals surface area contributed by atoms with E-state index >= 15 is 0 Å². The van der Waals surface area contributed by atoms with Crippen LogP contribution >= 0.6 is 0 Å². The Morgan fingerprint density at radius 3 is 2.88 bits per heavy atom. The molecule has 1 unspecified atom stereocenters. The quantitative estimate of drug-likeness (QED) is 0.717. The van der Waals surface area contributed by atoms with Crippen LogP contribution in [0.25, 0.3) is 11.1 Å². The molecule has 8 heteroatoms. The van der Waals surface area contributed by atoms with Gasteiger partial charge in [-0.15, -0.1) is 0 Å². The lowest BCUT2D eigenvalue weighted by atomic mass is 10.2. The lowest BCUT2D eigenvalue weighted by Gasteiger charge is -2.15. The van der Waals surface area contributed by atoms with Gasteiger partial charge in [-0.2, -0.15) is 0 Å². The number of aryl methyl sites for hydroxylation is 1. The number of benzene rings is 1. The van der Waals surface area contributed by atoms with E-state index in [1.54, 1.807) is 38.1 Å². The van der Waals surface area contributed by atoms with Crippen molar-refractivity contribution in [2.45, 2.75) is 26.4 Å².